The standard InChI is InChI=1S/C15H19NO4/c17-14(20-10-11-4-2-1-3-5-11)8-12-6-7-16-9-13(12)15(18)19/h1-5,12-13,16H,6-10H2,(H,18,19). The van der Waals surface area contributed by atoms with E-state index in [-0.39, 0.29) is 24.9 Å². The monoisotopic (exact) mass is 277 g/mol. The number of rotatable bonds is 5. The SMILES string of the molecule is O=C(CC1CCNCC1C(=O)O)OCc1ccccc1. The summed E-state index contributed by atoms with van der Waals surface area (Å²) in [6.45, 7) is 1.41. The van der Waals surface area contributed by atoms with Crippen molar-refractivity contribution in [1.29, 1.82) is 0 Å². The number of ether oxygens (including phenoxy) is 1. The van der Waals surface area contributed by atoms with Gasteiger partial charge in [0.25, 0.3) is 0 Å². The van der Waals surface area contributed by atoms with Crippen molar-refractivity contribution in [2.24, 2.45) is 11.8 Å². The quantitative estimate of drug-likeness (QED) is 0.796. The van der Waals surface area contributed by atoms with E-state index in [0.717, 1.165) is 12.1 Å². The van der Waals surface area contributed by atoms with Gasteiger partial charge in [-0.3, -0.25) is 9.59 Å². The molecule has 0 aliphatic carbocycles. The van der Waals surface area contributed by atoms with Gasteiger partial charge in [-0.15, -0.1) is 0 Å². The number of carboxylic acid groups (broad SMARTS) is 1. The Morgan fingerprint density at radius 3 is 2.75 bits per heavy atom. The summed E-state index contributed by atoms with van der Waals surface area (Å²) >= 11 is 0. The molecule has 2 rings (SSSR count). The third kappa shape index (κ3) is 4.06. The third-order valence-corrected chi connectivity index (χ3v) is 3.61. The van der Waals surface area contributed by atoms with E-state index in [1.807, 2.05) is 30.3 Å². The predicted octanol–water partition coefficient (Wildman–Crippen LogP) is 1.43. The minimum atomic E-state index is -0.849. The maximum absolute atomic E-state index is 11.8. The highest BCUT2D eigenvalue weighted by Gasteiger charge is 2.32. The molecule has 1 fully saturated rings. The predicted molar refractivity (Wildman–Crippen MR) is 73.0 cm³/mol. The van der Waals surface area contributed by atoms with E-state index < -0.39 is 11.9 Å². The van der Waals surface area contributed by atoms with Gasteiger partial charge < -0.3 is 15.2 Å². The molecule has 1 saturated heterocycles. The zero-order valence-corrected chi connectivity index (χ0v) is 11.2. The fourth-order valence-corrected chi connectivity index (χ4v) is 2.46. The van der Waals surface area contributed by atoms with Crippen LogP contribution in [0.2, 0.25) is 0 Å². The Kier molecular flexibility index (Phi) is 5.12. The maximum Gasteiger partial charge on any atom is 0.308 e. The van der Waals surface area contributed by atoms with Crippen LogP contribution < -0.4 is 5.32 Å². The van der Waals surface area contributed by atoms with E-state index in [2.05, 4.69) is 5.32 Å². The number of aliphatic carboxylic acids is 1. The van der Waals surface area contributed by atoms with Crippen LogP contribution in [0.5, 0.6) is 0 Å². The zero-order valence-electron chi connectivity index (χ0n) is 11.2. The second-order valence-corrected chi connectivity index (χ2v) is 5.05. The summed E-state index contributed by atoms with van der Waals surface area (Å²) in [6.07, 6.45) is 0.864. The van der Waals surface area contributed by atoms with Crippen LogP contribution in [0, 0.1) is 11.8 Å². The van der Waals surface area contributed by atoms with Crippen molar-refractivity contribution in [2.45, 2.75) is 19.4 Å². The highest BCUT2D eigenvalue weighted by atomic mass is 16.5. The van der Waals surface area contributed by atoms with Gasteiger partial charge in [0.1, 0.15) is 6.61 Å². The normalized spacial score (nSPS) is 22.2. The molecule has 1 aromatic rings. The average Bonchev–Trinajstić information content (AvgIpc) is 2.46. The van der Waals surface area contributed by atoms with E-state index in [9.17, 15) is 9.59 Å². The van der Waals surface area contributed by atoms with E-state index in [1.165, 1.54) is 0 Å². The molecule has 0 bridgehead atoms. The molecule has 5 nitrogen and oxygen atoms in total. The fourth-order valence-electron chi connectivity index (χ4n) is 2.46. The maximum atomic E-state index is 11.8. The van der Waals surface area contributed by atoms with Crippen molar-refractivity contribution in [3.8, 4) is 0 Å². The van der Waals surface area contributed by atoms with Gasteiger partial charge in [0.05, 0.1) is 5.92 Å². The lowest BCUT2D eigenvalue weighted by Crippen LogP contribution is -2.41. The van der Waals surface area contributed by atoms with Crippen LogP contribution in [-0.4, -0.2) is 30.1 Å². The summed E-state index contributed by atoms with van der Waals surface area (Å²) < 4.78 is 5.21. The van der Waals surface area contributed by atoms with Gasteiger partial charge in [-0.2, -0.15) is 0 Å². The highest BCUT2D eigenvalue weighted by Crippen LogP contribution is 2.23. The Balaban J connectivity index is 1.82. The Bertz CT molecular complexity index is 460. The van der Waals surface area contributed by atoms with Crippen LogP contribution >= 0.6 is 0 Å². The molecular formula is C15H19NO4. The largest absolute Gasteiger partial charge is 0.481 e. The molecule has 1 heterocycles. The molecule has 0 saturated carbocycles. The molecule has 5 heteroatoms. The molecule has 0 amide bonds. The Morgan fingerprint density at radius 1 is 1.30 bits per heavy atom. The van der Waals surface area contributed by atoms with Crippen molar-refractivity contribution < 1.29 is 19.4 Å². The van der Waals surface area contributed by atoms with Crippen LogP contribution in [0.4, 0.5) is 0 Å². The van der Waals surface area contributed by atoms with Gasteiger partial charge in [-0.05, 0) is 24.4 Å². The Morgan fingerprint density at radius 2 is 2.05 bits per heavy atom. The third-order valence-electron chi connectivity index (χ3n) is 3.61. The number of piperidine rings is 1. The second kappa shape index (κ2) is 7.05. The van der Waals surface area contributed by atoms with Gasteiger partial charge in [-0.25, -0.2) is 0 Å². The van der Waals surface area contributed by atoms with Gasteiger partial charge in [-0.1, -0.05) is 30.3 Å². The van der Waals surface area contributed by atoms with E-state index in [4.69, 9.17) is 9.84 Å². The van der Waals surface area contributed by atoms with E-state index in [1.54, 1.807) is 0 Å². The molecule has 0 radical (unpaired) electrons. The summed E-state index contributed by atoms with van der Waals surface area (Å²) in [7, 11) is 0. The number of nitrogens with one attached hydrogen (secondary N) is 1. The van der Waals surface area contributed by atoms with Crippen molar-refractivity contribution in [3.63, 3.8) is 0 Å². The highest BCUT2D eigenvalue weighted by molar-refractivity contribution is 5.74. The van der Waals surface area contributed by atoms with E-state index >= 15 is 0 Å². The molecule has 1 aliphatic rings. The summed E-state index contributed by atoms with van der Waals surface area (Å²) in [4.78, 5) is 23.0. The summed E-state index contributed by atoms with van der Waals surface area (Å²) in [5.41, 5.74) is 0.931. The number of carbonyl (C=O) groups excluding carboxylic acids is 1. The van der Waals surface area contributed by atoms with Crippen LogP contribution in [0.15, 0.2) is 30.3 Å². The molecule has 20 heavy (non-hydrogen) atoms. The lowest BCUT2D eigenvalue weighted by atomic mass is 9.84. The van der Waals surface area contributed by atoms with Crippen molar-refractivity contribution in [1.82, 2.24) is 5.32 Å². The topological polar surface area (TPSA) is 75.6 Å². The Labute approximate surface area is 117 Å². The molecule has 108 valence electrons. The minimum absolute atomic E-state index is 0.142. The first-order valence-electron chi connectivity index (χ1n) is 6.80. The van der Waals surface area contributed by atoms with Crippen molar-refractivity contribution in [2.75, 3.05) is 13.1 Å². The summed E-state index contributed by atoms with van der Waals surface area (Å²) in [6, 6.07) is 9.44. The van der Waals surface area contributed by atoms with Gasteiger partial charge in [0.2, 0.25) is 0 Å². The lowest BCUT2D eigenvalue weighted by molar-refractivity contribution is -0.149. The first kappa shape index (κ1) is 14.5. The molecule has 0 spiro atoms. The summed E-state index contributed by atoms with van der Waals surface area (Å²) in [5.74, 6) is -1.82. The zero-order chi connectivity index (χ0) is 14.4. The summed E-state index contributed by atoms with van der Waals surface area (Å²) in [5, 5.41) is 12.2. The Hall–Kier alpha value is -1.88. The molecule has 1 aromatic carbocycles. The minimum Gasteiger partial charge on any atom is -0.481 e. The van der Waals surface area contributed by atoms with Crippen molar-refractivity contribution in [3.05, 3.63) is 35.9 Å². The number of benzene rings is 1. The van der Waals surface area contributed by atoms with Crippen LogP contribution in [0.25, 0.3) is 0 Å². The lowest BCUT2D eigenvalue weighted by Gasteiger charge is -2.28. The van der Waals surface area contributed by atoms with E-state index in [0.29, 0.717) is 13.0 Å². The number of hydrogen-bond acceptors (Lipinski definition) is 4. The van der Waals surface area contributed by atoms with Gasteiger partial charge in [0, 0.05) is 13.0 Å². The van der Waals surface area contributed by atoms with Crippen molar-refractivity contribution >= 4 is 11.9 Å². The first-order chi connectivity index (χ1) is 9.66. The number of esters is 1. The van der Waals surface area contributed by atoms with Gasteiger partial charge >= 0.3 is 11.9 Å². The van der Waals surface area contributed by atoms with Crippen LogP contribution in [0.3, 0.4) is 0 Å². The molecule has 0 aromatic heterocycles. The molecular weight excluding hydrogens is 258 g/mol. The van der Waals surface area contributed by atoms with Gasteiger partial charge in [0.15, 0.2) is 0 Å². The smallest absolute Gasteiger partial charge is 0.308 e. The fraction of sp³-hybridized carbons (Fsp3) is 0.467. The second-order valence-electron chi connectivity index (χ2n) is 5.05. The van der Waals surface area contributed by atoms with Crippen LogP contribution in [-0.2, 0) is 20.9 Å². The average molecular weight is 277 g/mol. The van der Waals surface area contributed by atoms with Crippen LogP contribution in [0.1, 0.15) is 18.4 Å². The number of hydrogen-bond donors (Lipinski definition) is 2. The molecule has 1 aliphatic heterocycles. The number of carbonyl (C=O) groups is 2. The molecule has 2 unspecified atom stereocenters. The molecule has 2 N–H and O–H groups in total. The molecule has 2 atom stereocenters. The first-order valence-corrected chi connectivity index (χ1v) is 6.80. The number of carboxylic acids is 1.